The second-order valence-electron chi connectivity index (χ2n) is 5.04. The summed E-state index contributed by atoms with van der Waals surface area (Å²) in [6, 6.07) is 5.91. The Morgan fingerprint density at radius 3 is 2.89 bits per heavy atom. The fraction of sp³-hybridized carbons (Fsp3) is 0.462. The van der Waals surface area contributed by atoms with Crippen LogP contribution in [0.3, 0.4) is 0 Å². The molecular formula is C13H19N3OS. The van der Waals surface area contributed by atoms with E-state index in [9.17, 15) is 4.79 Å². The summed E-state index contributed by atoms with van der Waals surface area (Å²) in [5.74, 6) is 0.534. The lowest BCUT2D eigenvalue weighted by molar-refractivity contribution is -0.113. The Bertz CT molecular complexity index is 473. The van der Waals surface area contributed by atoms with Crippen LogP contribution in [0.25, 0.3) is 0 Å². The average molecular weight is 265 g/mol. The molecular weight excluding hydrogens is 246 g/mol. The molecule has 1 unspecified atom stereocenters. The maximum Gasteiger partial charge on any atom is 0.234 e. The Morgan fingerprint density at radius 1 is 1.50 bits per heavy atom. The molecule has 1 aromatic rings. The molecule has 5 heteroatoms. The highest BCUT2D eigenvalue weighted by atomic mass is 32.2. The van der Waals surface area contributed by atoms with E-state index in [4.69, 9.17) is 5.73 Å². The molecule has 18 heavy (non-hydrogen) atoms. The minimum absolute atomic E-state index is 0.0473. The van der Waals surface area contributed by atoms with Crippen molar-refractivity contribution in [1.82, 2.24) is 5.32 Å². The molecule has 1 aromatic carbocycles. The van der Waals surface area contributed by atoms with Crippen molar-refractivity contribution >= 4 is 23.4 Å². The zero-order valence-corrected chi connectivity index (χ0v) is 11.7. The molecule has 0 radical (unpaired) electrons. The highest BCUT2D eigenvalue weighted by Crippen LogP contribution is 2.34. The van der Waals surface area contributed by atoms with Crippen LogP contribution >= 0.6 is 11.8 Å². The fourth-order valence-corrected chi connectivity index (χ4v) is 2.65. The zero-order valence-electron chi connectivity index (χ0n) is 10.9. The van der Waals surface area contributed by atoms with E-state index in [1.807, 2.05) is 25.2 Å². The van der Waals surface area contributed by atoms with E-state index < -0.39 is 0 Å². The van der Waals surface area contributed by atoms with Gasteiger partial charge in [0.05, 0.1) is 11.4 Å². The standard InChI is InChI=1S/C13H19N3OS/c1-13(2,15-3)12(14)8-4-5-10-9(6-8)16-11(17)7-18-10/h4-6,12,15H,7,14H2,1-3H3,(H,16,17). The molecule has 0 spiro atoms. The van der Waals surface area contributed by atoms with E-state index >= 15 is 0 Å². The maximum absolute atomic E-state index is 11.4. The molecule has 1 aliphatic heterocycles. The van der Waals surface area contributed by atoms with Gasteiger partial charge >= 0.3 is 0 Å². The summed E-state index contributed by atoms with van der Waals surface area (Å²) >= 11 is 1.56. The number of amides is 1. The number of rotatable bonds is 3. The van der Waals surface area contributed by atoms with Crippen LogP contribution in [0.15, 0.2) is 23.1 Å². The lowest BCUT2D eigenvalue weighted by Crippen LogP contribution is -2.46. The van der Waals surface area contributed by atoms with Gasteiger partial charge in [-0.3, -0.25) is 4.79 Å². The molecule has 1 aliphatic rings. The monoisotopic (exact) mass is 265 g/mol. The summed E-state index contributed by atoms with van der Waals surface area (Å²) in [7, 11) is 1.90. The highest BCUT2D eigenvalue weighted by molar-refractivity contribution is 8.00. The number of anilines is 1. The number of thioether (sulfide) groups is 1. The van der Waals surface area contributed by atoms with E-state index in [0.29, 0.717) is 5.75 Å². The van der Waals surface area contributed by atoms with Crippen molar-refractivity contribution in [1.29, 1.82) is 0 Å². The first-order chi connectivity index (χ1) is 8.44. The van der Waals surface area contributed by atoms with Gasteiger partial charge in [0, 0.05) is 16.5 Å². The summed E-state index contributed by atoms with van der Waals surface area (Å²) in [5.41, 5.74) is 7.97. The molecule has 1 atom stereocenters. The number of fused-ring (bicyclic) bond motifs is 1. The van der Waals surface area contributed by atoms with Crippen molar-refractivity contribution in [3.05, 3.63) is 23.8 Å². The van der Waals surface area contributed by atoms with E-state index in [2.05, 4.69) is 24.5 Å². The fourth-order valence-electron chi connectivity index (χ4n) is 1.87. The van der Waals surface area contributed by atoms with Gasteiger partial charge in [-0.05, 0) is 38.6 Å². The van der Waals surface area contributed by atoms with Crippen LogP contribution in [-0.2, 0) is 4.79 Å². The Morgan fingerprint density at radius 2 is 2.22 bits per heavy atom. The zero-order chi connectivity index (χ0) is 13.3. The Balaban J connectivity index is 2.31. The van der Waals surface area contributed by atoms with Gasteiger partial charge in [0.1, 0.15) is 0 Å². The van der Waals surface area contributed by atoms with Crippen LogP contribution < -0.4 is 16.4 Å². The van der Waals surface area contributed by atoms with Gasteiger partial charge in [0.25, 0.3) is 0 Å². The van der Waals surface area contributed by atoms with Crippen molar-refractivity contribution in [2.24, 2.45) is 5.73 Å². The molecule has 0 saturated carbocycles. The number of nitrogens with one attached hydrogen (secondary N) is 2. The Labute approximate surface area is 112 Å². The number of likely N-dealkylation sites (N-methyl/N-ethyl adjacent to an activating group) is 1. The number of benzene rings is 1. The van der Waals surface area contributed by atoms with Gasteiger partial charge in [0.15, 0.2) is 0 Å². The lowest BCUT2D eigenvalue weighted by Gasteiger charge is -2.32. The van der Waals surface area contributed by atoms with Gasteiger partial charge in [-0.2, -0.15) is 0 Å². The van der Waals surface area contributed by atoms with Crippen LogP contribution in [-0.4, -0.2) is 24.2 Å². The number of carbonyl (C=O) groups is 1. The van der Waals surface area contributed by atoms with Crippen LogP contribution in [0, 0.1) is 0 Å². The molecule has 0 fully saturated rings. The maximum atomic E-state index is 11.4. The first kappa shape index (κ1) is 13.4. The predicted octanol–water partition coefficient (Wildman–Crippen LogP) is 1.73. The number of hydrogen-bond acceptors (Lipinski definition) is 4. The summed E-state index contributed by atoms with van der Waals surface area (Å²) < 4.78 is 0. The second kappa shape index (κ2) is 4.91. The van der Waals surface area contributed by atoms with Gasteiger partial charge in [-0.15, -0.1) is 11.8 Å². The van der Waals surface area contributed by atoms with E-state index in [1.165, 1.54) is 0 Å². The molecule has 4 nitrogen and oxygen atoms in total. The summed E-state index contributed by atoms with van der Waals surface area (Å²) in [6.07, 6.45) is 0. The number of hydrogen-bond donors (Lipinski definition) is 3. The summed E-state index contributed by atoms with van der Waals surface area (Å²) in [4.78, 5) is 12.5. The van der Waals surface area contributed by atoms with Crippen molar-refractivity contribution in [2.45, 2.75) is 30.3 Å². The largest absolute Gasteiger partial charge is 0.324 e. The van der Waals surface area contributed by atoms with Crippen molar-refractivity contribution in [2.75, 3.05) is 18.1 Å². The molecule has 0 saturated heterocycles. The first-order valence-corrected chi connectivity index (χ1v) is 6.93. The molecule has 1 heterocycles. The third-order valence-corrected chi connectivity index (χ3v) is 4.49. The molecule has 4 N–H and O–H groups in total. The van der Waals surface area contributed by atoms with Crippen LogP contribution in [0.1, 0.15) is 25.5 Å². The minimum Gasteiger partial charge on any atom is -0.324 e. The van der Waals surface area contributed by atoms with Crippen LogP contribution in [0.2, 0.25) is 0 Å². The summed E-state index contributed by atoms with van der Waals surface area (Å²) in [6.45, 7) is 4.12. The molecule has 98 valence electrons. The quantitative estimate of drug-likeness (QED) is 0.778. The van der Waals surface area contributed by atoms with E-state index in [0.717, 1.165) is 16.1 Å². The SMILES string of the molecule is CNC(C)(C)C(N)c1ccc2c(c1)NC(=O)CS2. The minimum atomic E-state index is -0.194. The van der Waals surface area contributed by atoms with Crippen LogP contribution in [0.5, 0.6) is 0 Å². The molecule has 2 rings (SSSR count). The van der Waals surface area contributed by atoms with Crippen molar-refractivity contribution in [3.8, 4) is 0 Å². The molecule has 0 aliphatic carbocycles. The molecule has 1 amide bonds. The van der Waals surface area contributed by atoms with Gasteiger partial charge in [0.2, 0.25) is 5.91 Å². The predicted molar refractivity (Wildman–Crippen MR) is 75.9 cm³/mol. The second-order valence-corrected chi connectivity index (χ2v) is 6.06. The highest BCUT2D eigenvalue weighted by Gasteiger charge is 2.27. The van der Waals surface area contributed by atoms with E-state index in [-0.39, 0.29) is 17.5 Å². The lowest BCUT2D eigenvalue weighted by atomic mass is 9.89. The Hall–Kier alpha value is -1.04. The topological polar surface area (TPSA) is 67.2 Å². The number of nitrogens with two attached hydrogens (primary N) is 1. The average Bonchev–Trinajstić information content (AvgIpc) is 2.36. The smallest absolute Gasteiger partial charge is 0.234 e. The van der Waals surface area contributed by atoms with Crippen LogP contribution in [0.4, 0.5) is 5.69 Å². The molecule has 0 bridgehead atoms. The number of carbonyl (C=O) groups excluding carboxylic acids is 1. The third kappa shape index (κ3) is 2.53. The summed E-state index contributed by atoms with van der Waals surface area (Å²) in [5, 5.41) is 6.10. The normalized spacial score (nSPS) is 17.0. The third-order valence-electron chi connectivity index (χ3n) is 3.42. The Kier molecular flexibility index (Phi) is 3.66. The van der Waals surface area contributed by atoms with Crippen molar-refractivity contribution < 1.29 is 4.79 Å². The van der Waals surface area contributed by atoms with E-state index in [1.54, 1.807) is 11.8 Å². The molecule has 0 aromatic heterocycles. The first-order valence-electron chi connectivity index (χ1n) is 5.95. The van der Waals surface area contributed by atoms with Gasteiger partial charge in [-0.1, -0.05) is 6.07 Å². The van der Waals surface area contributed by atoms with Gasteiger partial charge < -0.3 is 16.4 Å². The van der Waals surface area contributed by atoms with Crippen molar-refractivity contribution in [3.63, 3.8) is 0 Å². The van der Waals surface area contributed by atoms with Gasteiger partial charge in [-0.25, -0.2) is 0 Å².